The molecule has 1 amide bonds. The molecule has 0 aliphatic carbocycles. The van der Waals surface area contributed by atoms with E-state index in [1.165, 1.54) is 0 Å². The first-order valence-electron chi connectivity index (χ1n) is 6.67. The quantitative estimate of drug-likeness (QED) is 0.834. The average molecular weight is 275 g/mol. The van der Waals surface area contributed by atoms with Crippen LogP contribution in [0.5, 0.6) is 5.75 Å². The number of aromatic nitrogens is 2. The third kappa shape index (κ3) is 2.60. The first-order chi connectivity index (χ1) is 9.74. The van der Waals surface area contributed by atoms with Gasteiger partial charge in [-0.3, -0.25) is 4.79 Å². The van der Waals surface area contributed by atoms with Gasteiger partial charge in [0.1, 0.15) is 0 Å². The molecule has 20 heavy (non-hydrogen) atoms. The predicted octanol–water partition coefficient (Wildman–Crippen LogP) is 0.880. The van der Waals surface area contributed by atoms with Crippen LogP contribution < -0.4 is 4.74 Å². The summed E-state index contributed by atoms with van der Waals surface area (Å²) < 4.78 is 12.8. The Morgan fingerprint density at radius 1 is 1.45 bits per heavy atom. The molecule has 0 N–H and O–H groups in total. The predicted molar refractivity (Wildman–Crippen MR) is 72.8 cm³/mol. The number of amides is 1. The topological polar surface area (TPSA) is 56.1 Å². The molecular formula is C14H17N3O3. The maximum atomic E-state index is 12.0. The molecule has 1 saturated heterocycles. The second-order valence-corrected chi connectivity index (χ2v) is 4.77. The molecule has 0 atom stereocenters. The van der Waals surface area contributed by atoms with Gasteiger partial charge in [0.15, 0.2) is 18.0 Å². The van der Waals surface area contributed by atoms with E-state index >= 15 is 0 Å². The zero-order valence-corrected chi connectivity index (χ0v) is 11.4. The van der Waals surface area contributed by atoms with Crippen molar-refractivity contribution in [2.45, 2.75) is 6.92 Å². The minimum absolute atomic E-state index is 0.0152. The molecule has 6 nitrogen and oxygen atoms in total. The molecule has 2 aromatic heterocycles. The Hall–Kier alpha value is -2.08. The molecule has 1 aliphatic heterocycles. The number of rotatable bonds is 3. The first-order valence-corrected chi connectivity index (χ1v) is 6.67. The Morgan fingerprint density at radius 2 is 2.25 bits per heavy atom. The van der Waals surface area contributed by atoms with Crippen molar-refractivity contribution in [1.82, 2.24) is 14.3 Å². The largest absolute Gasteiger partial charge is 0.480 e. The summed E-state index contributed by atoms with van der Waals surface area (Å²) in [7, 11) is 0. The summed E-state index contributed by atoms with van der Waals surface area (Å²) in [4.78, 5) is 18.2. The number of aryl methyl sites for hydroxylation is 1. The molecule has 3 heterocycles. The summed E-state index contributed by atoms with van der Waals surface area (Å²) in [6, 6.07) is 3.71. The highest BCUT2D eigenvalue weighted by molar-refractivity contribution is 5.78. The van der Waals surface area contributed by atoms with Gasteiger partial charge >= 0.3 is 0 Å². The third-order valence-electron chi connectivity index (χ3n) is 3.28. The van der Waals surface area contributed by atoms with E-state index in [-0.39, 0.29) is 12.5 Å². The van der Waals surface area contributed by atoms with Crippen LogP contribution in [0.3, 0.4) is 0 Å². The smallest absolute Gasteiger partial charge is 0.260 e. The number of imidazole rings is 1. The van der Waals surface area contributed by atoms with E-state index in [9.17, 15) is 4.79 Å². The van der Waals surface area contributed by atoms with Gasteiger partial charge in [0, 0.05) is 25.5 Å². The third-order valence-corrected chi connectivity index (χ3v) is 3.28. The molecule has 0 unspecified atom stereocenters. The number of morpholine rings is 1. The number of ether oxygens (including phenoxy) is 2. The fourth-order valence-corrected chi connectivity index (χ4v) is 2.27. The summed E-state index contributed by atoms with van der Waals surface area (Å²) in [6.45, 7) is 4.42. The van der Waals surface area contributed by atoms with Gasteiger partial charge in [-0.05, 0) is 19.1 Å². The van der Waals surface area contributed by atoms with E-state index in [1.54, 1.807) is 4.90 Å². The summed E-state index contributed by atoms with van der Waals surface area (Å²) in [5, 5.41) is 0. The monoisotopic (exact) mass is 275 g/mol. The van der Waals surface area contributed by atoms with Gasteiger partial charge in [0.05, 0.1) is 18.9 Å². The molecule has 0 bridgehead atoms. The van der Waals surface area contributed by atoms with Crippen LogP contribution in [0.25, 0.3) is 5.65 Å². The molecule has 0 aromatic carbocycles. The molecule has 2 aromatic rings. The van der Waals surface area contributed by atoms with Crippen molar-refractivity contribution >= 4 is 11.6 Å². The van der Waals surface area contributed by atoms with Crippen molar-refractivity contribution in [2.24, 2.45) is 0 Å². The zero-order chi connectivity index (χ0) is 13.9. The molecular weight excluding hydrogens is 258 g/mol. The highest BCUT2D eigenvalue weighted by atomic mass is 16.5. The van der Waals surface area contributed by atoms with Crippen molar-refractivity contribution in [3.8, 4) is 5.75 Å². The SMILES string of the molecule is Cc1cn2cccc(OCC(=O)N3CCOCC3)c2n1. The van der Waals surface area contributed by atoms with Crippen LogP contribution in [-0.4, -0.2) is 53.1 Å². The molecule has 0 saturated carbocycles. The number of pyridine rings is 1. The minimum atomic E-state index is -0.0152. The second kappa shape index (κ2) is 5.50. The Labute approximate surface area is 116 Å². The van der Waals surface area contributed by atoms with E-state index in [4.69, 9.17) is 9.47 Å². The van der Waals surface area contributed by atoms with Crippen LogP contribution in [0, 0.1) is 6.92 Å². The summed E-state index contributed by atoms with van der Waals surface area (Å²) in [5.41, 5.74) is 1.65. The molecule has 0 radical (unpaired) electrons. The Balaban J connectivity index is 1.68. The van der Waals surface area contributed by atoms with Gasteiger partial charge in [-0.15, -0.1) is 0 Å². The summed E-state index contributed by atoms with van der Waals surface area (Å²) >= 11 is 0. The fraction of sp³-hybridized carbons (Fsp3) is 0.429. The molecule has 1 fully saturated rings. The van der Waals surface area contributed by atoms with Gasteiger partial charge in [-0.25, -0.2) is 4.98 Å². The van der Waals surface area contributed by atoms with E-state index < -0.39 is 0 Å². The van der Waals surface area contributed by atoms with E-state index in [0.717, 1.165) is 11.3 Å². The normalized spacial score (nSPS) is 15.6. The zero-order valence-electron chi connectivity index (χ0n) is 11.4. The highest BCUT2D eigenvalue weighted by Gasteiger charge is 2.17. The van der Waals surface area contributed by atoms with Crippen molar-refractivity contribution in [3.05, 3.63) is 30.2 Å². The summed E-state index contributed by atoms with van der Waals surface area (Å²) in [5.74, 6) is 0.612. The Bertz CT molecular complexity index is 617. The van der Waals surface area contributed by atoms with Gasteiger partial charge in [0.25, 0.3) is 5.91 Å². The van der Waals surface area contributed by atoms with E-state index in [1.807, 2.05) is 35.9 Å². The van der Waals surface area contributed by atoms with E-state index in [0.29, 0.717) is 32.1 Å². The summed E-state index contributed by atoms with van der Waals surface area (Å²) in [6.07, 6.45) is 3.83. The standard InChI is InChI=1S/C14H17N3O3/c1-11-9-17-4-2-3-12(14(17)15-11)20-10-13(18)16-5-7-19-8-6-16/h2-4,9H,5-8,10H2,1H3. The van der Waals surface area contributed by atoms with Crippen molar-refractivity contribution in [3.63, 3.8) is 0 Å². The van der Waals surface area contributed by atoms with Crippen molar-refractivity contribution < 1.29 is 14.3 Å². The second-order valence-electron chi connectivity index (χ2n) is 4.77. The van der Waals surface area contributed by atoms with Gasteiger partial charge < -0.3 is 18.8 Å². The Morgan fingerprint density at radius 3 is 3.05 bits per heavy atom. The molecule has 0 spiro atoms. The number of nitrogens with zero attached hydrogens (tertiary/aromatic N) is 3. The molecule has 1 aliphatic rings. The molecule has 3 rings (SSSR count). The minimum Gasteiger partial charge on any atom is -0.480 e. The van der Waals surface area contributed by atoms with Crippen LogP contribution in [0.1, 0.15) is 5.69 Å². The number of hydrogen-bond acceptors (Lipinski definition) is 4. The van der Waals surface area contributed by atoms with Crippen LogP contribution in [0.15, 0.2) is 24.5 Å². The lowest BCUT2D eigenvalue weighted by molar-refractivity contribution is -0.137. The average Bonchev–Trinajstić information content (AvgIpc) is 2.86. The van der Waals surface area contributed by atoms with Crippen LogP contribution >= 0.6 is 0 Å². The number of carbonyl (C=O) groups is 1. The maximum absolute atomic E-state index is 12.0. The van der Waals surface area contributed by atoms with Crippen molar-refractivity contribution in [1.29, 1.82) is 0 Å². The van der Waals surface area contributed by atoms with E-state index in [2.05, 4.69) is 4.98 Å². The first kappa shape index (κ1) is 12.9. The van der Waals surface area contributed by atoms with Gasteiger partial charge in [0.2, 0.25) is 0 Å². The molecule has 106 valence electrons. The van der Waals surface area contributed by atoms with Crippen molar-refractivity contribution in [2.75, 3.05) is 32.9 Å². The number of carbonyl (C=O) groups excluding carboxylic acids is 1. The lowest BCUT2D eigenvalue weighted by atomic mass is 10.4. The molecule has 6 heteroatoms. The van der Waals surface area contributed by atoms with Crippen LogP contribution in [0.2, 0.25) is 0 Å². The van der Waals surface area contributed by atoms with Gasteiger partial charge in [-0.2, -0.15) is 0 Å². The maximum Gasteiger partial charge on any atom is 0.260 e. The lowest BCUT2D eigenvalue weighted by Gasteiger charge is -2.26. The highest BCUT2D eigenvalue weighted by Crippen LogP contribution is 2.18. The lowest BCUT2D eigenvalue weighted by Crippen LogP contribution is -2.43. The fourth-order valence-electron chi connectivity index (χ4n) is 2.27. The number of fused-ring (bicyclic) bond motifs is 1. The van der Waals surface area contributed by atoms with Crippen LogP contribution in [0.4, 0.5) is 0 Å². The number of hydrogen-bond donors (Lipinski definition) is 0. The van der Waals surface area contributed by atoms with Crippen LogP contribution in [-0.2, 0) is 9.53 Å². The van der Waals surface area contributed by atoms with Gasteiger partial charge in [-0.1, -0.05) is 0 Å². The Kier molecular flexibility index (Phi) is 3.56.